The molecule has 1 fully saturated rings. The average Bonchev–Trinajstić information content (AvgIpc) is 2.74. The van der Waals surface area contributed by atoms with Crippen LogP contribution in [0.2, 0.25) is 10.0 Å². The lowest BCUT2D eigenvalue weighted by atomic mass is 9.90. The third-order valence-electron chi connectivity index (χ3n) is 3.33. The molecule has 1 saturated heterocycles. The summed E-state index contributed by atoms with van der Waals surface area (Å²) in [5.41, 5.74) is 1.98. The number of benzene rings is 1. The third kappa shape index (κ3) is 2.05. The van der Waals surface area contributed by atoms with Crippen molar-refractivity contribution in [3.05, 3.63) is 34.0 Å². The van der Waals surface area contributed by atoms with Gasteiger partial charge in [0.1, 0.15) is 5.58 Å². The van der Waals surface area contributed by atoms with Gasteiger partial charge in [-0.05, 0) is 24.8 Å². The lowest BCUT2D eigenvalue weighted by Gasteiger charge is -2.20. The normalized spacial score (nSPS) is 17.8. The standard InChI is InChI=1S/C13H12Cl2NO/c14-9-5-11(15)13-10(7-17-12(13)6-9)8-1-3-16-4-2-8/h5-8H,1-4H2. The summed E-state index contributed by atoms with van der Waals surface area (Å²) >= 11 is 12.2. The molecule has 2 heterocycles. The first kappa shape index (κ1) is 11.4. The average molecular weight is 269 g/mol. The second kappa shape index (κ2) is 4.52. The molecule has 1 aliphatic heterocycles. The molecule has 0 unspecified atom stereocenters. The molecule has 17 heavy (non-hydrogen) atoms. The highest BCUT2D eigenvalue weighted by molar-refractivity contribution is 6.38. The van der Waals surface area contributed by atoms with Gasteiger partial charge >= 0.3 is 0 Å². The molecule has 1 aromatic carbocycles. The van der Waals surface area contributed by atoms with Crippen molar-refractivity contribution in [3.8, 4) is 0 Å². The van der Waals surface area contributed by atoms with E-state index in [2.05, 4.69) is 5.32 Å². The minimum absolute atomic E-state index is 0.507. The quantitative estimate of drug-likeness (QED) is 0.761. The summed E-state index contributed by atoms with van der Waals surface area (Å²) in [5, 5.41) is 6.68. The molecule has 0 amide bonds. The van der Waals surface area contributed by atoms with Crippen molar-refractivity contribution in [1.29, 1.82) is 0 Å². The van der Waals surface area contributed by atoms with E-state index in [0.717, 1.165) is 36.9 Å². The first-order valence-electron chi connectivity index (χ1n) is 5.75. The molecule has 0 spiro atoms. The maximum absolute atomic E-state index is 6.26. The monoisotopic (exact) mass is 268 g/mol. The lowest BCUT2D eigenvalue weighted by molar-refractivity contribution is 0.451. The van der Waals surface area contributed by atoms with E-state index in [1.165, 1.54) is 5.56 Å². The van der Waals surface area contributed by atoms with Crippen molar-refractivity contribution >= 4 is 34.2 Å². The molecular weight excluding hydrogens is 257 g/mol. The Labute approximate surface area is 110 Å². The van der Waals surface area contributed by atoms with E-state index in [0.29, 0.717) is 16.0 Å². The summed E-state index contributed by atoms with van der Waals surface area (Å²) in [5.74, 6) is 0.507. The van der Waals surface area contributed by atoms with Crippen LogP contribution in [-0.4, -0.2) is 13.1 Å². The summed E-state index contributed by atoms with van der Waals surface area (Å²) < 4.78 is 5.56. The van der Waals surface area contributed by atoms with E-state index in [1.54, 1.807) is 6.07 Å². The van der Waals surface area contributed by atoms with Crippen LogP contribution in [0, 0.1) is 0 Å². The van der Waals surface area contributed by atoms with Crippen LogP contribution in [0.5, 0.6) is 0 Å². The van der Waals surface area contributed by atoms with Gasteiger partial charge in [0, 0.05) is 35.1 Å². The number of fused-ring (bicyclic) bond motifs is 1. The molecule has 2 nitrogen and oxygen atoms in total. The van der Waals surface area contributed by atoms with Gasteiger partial charge in [0.2, 0.25) is 0 Å². The van der Waals surface area contributed by atoms with E-state index >= 15 is 0 Å². The Morgan fingerprint density at radius 1 is 1.18 bits per heavy atom. The molecule has 1 aliphatic rings. The topological polar surface area (TPSA) is 27.2 Å². The Morgan fingerprint density at radius 2 is 1.94 bits per heavy atom. The summed E-state index contributed by atoms with van der Waals surface area (Å²) in [4.78, 5) is 0. The van der Waals surface area contributed by atoms with Crippen LogP contribution in [0.4, 0.5) is 0 Å². The van der Waals surface area contributed by atoms with Crippen LogP contribution < -0.4 is 5.32 Å². The second-order valence-corrected chi connectivity index (χ2v) is 5.24. The molecule has 0 aliphatic carbocycles. The maximum Gasteiger partial charge on any atom is 0.137 e. The molecule has 0 bridgehead atoms. The van der Waals surface area contributed by atoms with Crippen LogP contribution in [0.1, 0.15) is 24.3 Å². The van der Waals surface area contributed by atoms with E-state index in [-0.39, 0.29) is 0 Å². The highest BCUT2D eigenvalue weighted by Crippen LogP contribution is 2.38. The van der Waals surface area contributed by atoms with Gasteiger partial charge in [0.25, 0.3) is 0 Å². The van der Waals surface area contributed by atoms with Gasteiger partial charge in [-0.25, -0.2) is 5.32 Å². The summed E-state index contributed by atoms with van der Waals surface area (Å²) in [6.45, 7) is 1.87. The lowest BCUT2D eigenvalue weighted by Crippen LogP contribution is -2.20. The van der Waals surface area contributed by atoms with Gasteiger partial charge < -0.3 is 4.42 Å². The van der Waals surface area contributed by atoms with Crippen molar-refractivity contribution in [2.45, 2.75) is 18.8 Å². The van der Waals surface area contributed by atoms with E-state index in [1.807, 2.05) is 12.3 Å². The predicted molar refractivity (Wildman–Crippen MR) is 70.1 cm³/mol. The fraction of sp³-hybridized carbons (Fsp3) is 0.385. The molecule has 4 heteroatoms. The zero-order valence-corrected chi connectivity index (χ0v) is 10.8. The first-order valence-corrected chi connectivity index (χ1v) is 6.50. The first-order chi connectivity index (χ1) is 8.25. The molecule has 0 saturated carbocycles. The fourth-order valence-electron chi connectivity index (χ4n) is 2.47. The van der Waals surface area contributed by atoms with Gasteiger partial charge in [-0.2, -0.15) is 0 Å². The molecular formula is C13H12Cl2NO. The van der Waals surface area contributed by atoms with E-state index < -0.39 is 0 Å². The van der Waals surface area contributed by atoms with Crippen LogP contribution in [0.15, 0.2) is 22.8 Å². The van der Waals surface area contributed by atoms with Crippen LogP contribution in [-0.2, 0) is 0 Å². The van der Waals surface area contributed by atoms with Crippen molar-refractivity contribution in [2.75, 3.05) is 13.1 Å². The Balaban J connectivity index is 2.10. The van der Waals surface area contributed by atoms with Crippen molar-refractivity contribution in [1.82, 2.24) is 5.32 Å². The van der Waals surface area contributed by atoms with Crippen LogP contribution >= 0.6 is 23.2 Å². The number of halogens is 2. The fourth-order valence-corrected chi connectivity index (χ4v) is 3.05. The SMILES string of the molecule is Clc1cc(Cl)c2c(C3CC[N]CC3)coc2c1. The summed E-state index contributed by atoms with van der Waals surface area (Å²) in [6.07, 6.45) is 3.98. The number of furan rings is 1. The molecule has 2 aromatic rings. The highest BCUT2D eigenvalue weighted by Gasteiger charge is 2.21. The molecule has 1 aromatic heterocycles. The van der Waals surface area contributed by atoms with E-state index in [9.17, 15) is 0 Å². The molecule has 3 rings (SSSR count). The molecule has 0 N–H and O–H groups in total. The summed E-state index contributed by atoms with van der Waals surface area (Å²) in [6, 6.07) is 3.59. The van der Waals surface area contributed by atoms with Crippen LogP contribution in [0.25, 0.3) is 11.0 Å². The molecule has 1 radical (unpaired) electrons. The van der Waals surface area contributed by atoms with Crippen molar-refractivity contribution < 1.29 is 4.42 Å². The molecule has 89 valence electrons. The maximum atomic E-state index is 6.26. The van der Waals surface area contributed by atoms with E-state index in [4.69, 9.17) is 27.6 Å². The minimum atomic E-state index is 0.507. The minimum Gasteiger partial charge on any atom is -0.464 e. The third-order valence-corrected chi connectivity index (χ3v) is 3.85. The predicted octanol–water partition coefficient (Wildman–Crippen LogP) is 4.22. The Bertz CT molecular complexity index is 544. The largest absolute Gasteiger partial charge is 0.464 e. The second-order valence-electron chi connectivity index (χ2n) is 4.40. The number of hydrogen-bond acceptors (Lipinski definition) is 1. The van der Waals surface area contributed by atoms with Gasteiger partial charge in [-0.1, -0.05) is 23.2 Å². The summed E-state index contributed by atoms with van der Waals surface area (Å²) in [7, 11) is 0. The number of rotatable bonds is 1. The Morgan fingerprint density at radius 3 is 2.71 bits per heavy atom. The van der Waals surface area contributed by atoms with Crippen LogP contribution in [0.3, 0.4) is 0 Å². The zero-order chi connectivity index (χ0) is 11.8. The van der Waals surface area contributed by atoms with Gasteiger partial charge in [-0.15, -0.1) is 0 Å². The van der Waals surface area contributed by atoms with Gasteiger partial charge in [0.05, 0.1) is 11.3 Å². The smallest absolute Gasteiger partial charge is 0.137 e. The van der Waals surface area contributed by atoms with Gasteiger partial charge in [-0.3, -0.25) is 0 Å². The Hall–Kier alpha value is -0.700. The highest BCUT2D eigenvalue weighted by atomic mass is 35.5. The zero-order valence-electron chi connectivity index (χ0n) is 9.25. The van der Waals surface area contributed by atoms with Crippen molar-refractivity contribution in [2.24, 2.45) is 0 Å². The number of hydrogen-bond donors (Lipinski definition) is 0. The number of piperidine rings is 1. The Kier molecular flexibility index (Phi) is 3.03. The molecule has 0 atom stereocenters. The van der Waals surface area contributed by atoms with Crippen molar-refractivity contribution in [3.63, 3.8) is 0 Å². The number of nitrogens with zero attached hydrogens (tertiary/aromatic N) is 1. The van der Waals surface area contributed by atoms with Gasteiger partial charge in [0.15, 0.2) is 0 Å².